The first-order valence-electron chi connectivity index (χ1n) is 7.72. The van der Waals surface area contributed by atoms with Gasteiger partial charge in [0.2, 0.25) is 0 Å². The van der Waals surface area contributed by atoms with Gasteiger partial charge < -0.3 is 0 Å². The van der Waals surface area contributed by atoms with Crippen LogP contribution in [0.15, 0.2) is 0 Å². The molecule has 1 fully saturated rings. The fourth-order valence-corrected chi connectivity index (χ4v) is 2.97. The number of hydrogen-bond acceptors (Lipinski definition) is 6. The van der Waals surface area contributed by atoms with E-state index >= 15 is 0 Å². The molecule has 6 nitrogen and oxygen atoms in total. The zero-order chi connectivity index (χ0) is 16.2. The van der Waals surface area contributed by atoms with Crippen molar-refractivity contribution < 1.29 is 0 Å². The molecule has 6 heteroatoms. The van der Waals surface area contributed by atoms with E-state index in [1.54, 1.807) is 0 Å². The summed E-state index contributed by atoms with van der Waals surface area (Å²) in [6.45, 7) is 3.41. The van der Waals surface area contributed by atoms with Crippen LogP contribution in [0.25, 0.3) is 0 Å². The summed E-state index contributed by atoms with van der Waals surface area (Å²) >= 11 is 0. The molecule has 1 aliphatic heterocycles. The third-order valence-electron chi connectivity index (χ3n) is 4.21. The largest absolute Gasteiger partial charge is 0.297 e. The maximum absolute atomic E-state index is 8.94. The fourth-order valence-electron chi connectivity index (χ4n) is 2.97. The zero-order valence-corrected chi connectivity index (χ0v) is 12.9. The van der Waals surface area contributed by atoms with Crippen molar-refractivity contribution in [3.05, 3.63) is 0 Å². The second-order valence-corrected chi connectivity index (χ2v) is 5.50. The normalized spacial score (nSPS) is 18.4. The van der Waals surface area contributed by atoms with Gasteiger partial charge in [0.1, 0.15) is 0 Å². The third-order valence-corrected chi connectivity index (χ3v) is 4.21. The molecule has 1 saturated heterocycles. The van der Waals surface area contributed by atoms with Crippen LogP contribution in [0.3, 0.4) is 0 Å². The second-order valence-electron chi connectivity index (χ2n) is 5.50. The molecule has 1 aliphatic rings. The predicted octanol–water partition coefficient (Wildman–Crippen LogP) is 1.78. The van der Waals surface area contributed by atoms with Crippen LogP contribution >= 0.6 is 0 Å². The molecule has 1 rings (SSSR count). The summed E-state index contributed by atoms with van der Waals surface area (Å²) in [4.78, 5) is 4.57. The Labute approximate surface area is 132 Å². The van der Waals surface area contributed by atoms with Crippen LogP contribution in [0, 0.1) is 45.3 Å². The van der Waals surface area contributed by atoms with Gasteiger partial charge in [0.25, 0.3) is 0 Å². The Morgan fingerprint density at radius 2 is 1.00 bits per heavy atom. The van der Waals surface area contributed by atoms with Crippen molar-refractivity contribution in [2.45, 2.75) is 50.6 Å². The Kier molecular flexibility index (Phi) is 8.63. The van der Waals surface area contributed by atoms with Crippen LogP contribution < -0.4 is 0 Å². The minimum Gasteiger partial charge on any atom is -0.297 e. The Hall–Kier alpha value is -2.12. The Bertz CT molecular complexity index is 435. The summed E-state index contributed by atoms with van der Waals surface area (Å²) in [6.07, 6.45) is 3.34. The van der Waals surface area contributed by atoms with Crippen LogP contribution in [0.5, 0.6) is 0 Å². The van der Waals surface area contributed by atoms with Gasteiger partial charge in [0.15, 0.2) is 0 Å². The van der Waals surface area contributed by atoms with E-state index in [4.69, 9.17) is 21.0 Å². The zero-order valence-electron chi connectivity index (χ0n) is 12.9. The van der Waals surface area contributed by atoms with Gasteiger partial charge in [-0.1, -0.05) is 0 Å². The van der Waals surface area contributed by atoms with Gasteiger partial charge in [-0.15, -0.1) is 0 Å². The van der Waals surface area contributed by atoms with E-state index in [0.29, 0.717) is 25.7 Å². The lowest BCUT2D eigenvalue weighted by molar-refractivity contribution is 0.0662. The lowest BCUT2D eigenvalue weighted by atomic mass is 10.0. The van der Waals surface area contributed by atoms with Gasteiger partial charge in [0.05, 0.1) is 37.1 Å². The Morgan fingerprint density at radius 3 is 1.27 bits per heavy atom. The van der Waals surface area contributed by atoms with E-state index in [1.165, 1.54) is 0 Å². The molecular formula is C16H22N6. The van der Waals surface area contributed by atoms with E-state index in [-0.39, 0.29) is 12.1 Å². The molecule has 0 bridgehead atoms. The van der Waals surface area contributed by atoms with Gasteiger partial charge in [-0.3, -0.25) is 9.80 Å². The van der Waals surface area contributed by atoms with E-state index in [2.05, 4.69) is 34.1 Å². The van der Waals surface area contributed by atoms with Crippen LogP contribution in [-0.2, 0) is 0 Å². The monoisotopic (exact) mass is 298 g/mol. The summed E-state index contributed by atoms with van der Waals surface area (Å²) in [5, 5.41) is 35.3. The topological polar surface area (TPSA) is 102 Å². The molecule has 0 spiro atoms. The third kappa shape index (κ3) is 5.71. The maximum atomic E-state index is 8.94. The standard InChI is InChI=1S/C16H22N6/c17-7-1-3-15(5-9-19)21-11-13-22(14-12-21)16(6-10-20)4-2-8-18/h15-16H,1-6,11-14H2/t15-,16-/m1/s1. The lowest BCUT2D eigenvalue weighted by Crippen LogP contribution is -2.53. The molecule has 0 aromatic rings. The molecule has 0 aromatic heterocycles. The summed E-state index contributed by atoms with van der Waals surface area (Å²) < 4.78 is 0. The number of nitrogens with zero attached hydrogens (tertiary/aromatic N) is 6. The fraction of sp³-hybridized carbons (Fsp3) is 0.750. The van der Waals surface area contributed by atoms with Crippen LogP contribution in [0.4, 0.5) is 0 Å². The second kappa shape index (κ2) is 10.6. The van der Waals surface area contributed by atoms with Crippen molar-refractivity contribution in [3.8, 4) is 24.3 Å². The highest BCUT2D eigenvalue weighted by Gasteiger charge is 2.27. The first-order chi connectivity index (χ1) is 10.8. The molecule has 0 unspecified atom stereocenters. The van der Waals surface area contributed by atoms with E-state index in [0.717, 1.165) is 39.0 Å². The average molecular weight is 298 g/mol. The van der Waals surface area contributed by atoms with Crippen molar-refractivity contribution in [1.82, 2.24) is 9.80 Å². The van der Waals surface area contributed by atoms with Crippen molar-refractivity contribution in [3.63, 3.8) is 0 Å². The smallest absolute Gasteiger partial charge is 0.0638 e. The summed E-state index contributed by atoms with van der Waals surface area (Å²) in [5.74, 6) is 0. The minimum absolute atomic E-state index is 0.153. The lowest BCUT2D eigenvalue weighted by Gasteiger charge is -2.41. The van der Waals surface area contributed by atoms with Gasteiger partial charge >= 0.3 is 0 Å². The quantitative estimate of drug-likeness (QED) is 0.676. The number of piperazine rings is 1. The number of hydrogen-bond donors (Lipinski definition) is 0. The van der Waals surface area contributed by atoms with Gasteiger partial charge in [-0.05, 0) is 12.8 Å². The molecule has 0 aliphatic carbocycles. The molecule has 0 aromatic carbocycles. The molecule has 0 saturated carbocycles. The average Bonchev–Trinajstić information content (AvgIpc) is 2.55. The van der Waals surface area contributed by atoms with E-state index in [9.17, 15) is 0 Å². The number of nitriles is 4. The Balaban J connectivity index is 2.53. The van der Waals surface area contributed by atoms with E-state index in [1.807, 2.05) is 0 Å². The molecule has 2 atom stereocenters. The van der Waals surface area contributed by atoms with Gasteiger partial charge in [-0.25, -0.2) is 0 Å². The highest BCUT2D eigenvalue weighted by Crippen LogP contribution is 2.18. The van der Waals surface area contributed by atoms with Crippen molar-refractivity contribution in [2.24, 2.45) is 0 Å². The van der Waals surface area contributed by atoms with Gasteiger partial charge in [0, 0.05) is 51.1 Å². The molecule has 0 amide bonds. The summed E-state index contributed by atoms with van der Waals surface area (Å²) in [7, 11) is 0. The number of rotatable bonds is 8. The Morgan fingerprint density at radius 1 is 0.636 bits per heavy atom. The van der Waals surface area contributed by atoms with Crippen LogP contribution in [-0.4, -0.2) is 48.1 Å². The van der Waals surface area contributed by atoms with Crippen LogP contribution in [0.2, 0.25) is 0 Å². The minimum atomic E-state index is 0.153. The first-order valence-corrected chi connectivity index (χ1v) is 7.72. The SMILES string of the molecule is N#CCC[C@H](CC#N)N1CCN([C@@H](CC#N)CCC#N)CC1. The summed E-state index contributed by atoms with van der Waals surface area (Å²) in [6, 6.07) is 9.03. The highest BCUT2D eigenvalue weighted by molar-refractivity contribution is 4.91. The summed E-state index contributed by atoms with van der Waals surface area (Å²) in [5.41, 5.74) is 0. The van der Waals surface area contributed by atoms with Crippen molar-refractivity contribution in [2.75, 3.05) is 26.2 Å². The van der Waals surface area contributed by atoms with E-state index < -0.39 is 0 Å². The van der Waals surface area contributed by atoms with Crippen molar-refractivity contribution >= 4 is 0 Å². The predicted molar refractivity (Wildman–Crippen MR) is 80.9 cm³/mol. The molecule has 0 N–H and O–H groups in total. The molecule has 0 radical (unpaired) electrons. The van der Waals surface area contributed by atoms with Gasteiger partial charge in [-0.2, -0.15) is 21.0 Å². The molecule has 116 valence electrons. The first kappa shape index (κ1) is 17.9. The van der Waals surface area contributed by atoms with Crippen molar-refractivity contribution in [1.29, 1.82) is 21.0 Å². The molecule has 22 heavy (non-hydrogen) atoms. The highest BCUT2D eigenvalue weighted by atomic mass is 15.3. The maximum Gasteiger partial charge on any atom is 0.0638 e. The molecule has 1 heterocycles. The van der Waals surface area contributed by atoms with Crippen LogP contribution in [0.1, 0.15) is 38.5 Å². The molecular weight excluding hydrogens is 276 g/mol.